The number of nitrogens with one attached hydrogen (secondary N) is 1. The molecule has 0 aromatic heterocycles. The minimum atomic E-state index is -0.382. The summed E-state index contributed by atoms with van der Waals surface area (Å²) >= 11 is 0. The minimum absolute atomic E-state index is 0.296. The first-order valence-electron chi connectivity index (χ1n) is 7.03. The van der Waals surface area contributed by atoms with E-state index in [2.05, 4.69) is 16.9 Å². The van der Waals surface area contributed by atoms with E-state index in [0.29, 0.717) is 12.1 Å². The Balaban J connectivity index is 2.57. The van der Waals surface area contributed by atoms with E-state index >= 15 is 0 Å². The van der Waals surface area contributed by atoms with Crippen LogP contribution in [0.1, 0.15) is 24.0 Å². The Morgan fingerprint density at radius 3 is 2.90 bits per heavy atom. The number of nitrogens with zero attached hydrogens (tertiary/aromatic N) is 2. The third kappa shape index (κ3) is 5.55. The molecule has 21 heavy (non-hydrogen) atoms. The lowest BCUT2D eigenvalue weighted by Gasteiger charge is -2.22. The van der Waals surface area contributed by atoms with Gasteiger partial charge in [0, 0.05) is 32.7 Å². The second-order valence-corrected chi connectivity index (χ2v) is 4.84. The fourth-order valence-electron chi connectivity index (χ4n) is 2.00. The monoisotopic (exact) mass is 293 g/mol. The highest BCUT2D eigenvalue weighted by Gasteiger charge is 2.06. The first-order valence-corrected chi connectivity index (χ1v) is 7.03. The molecule has 0 atom stereocenters. The SMILES string of the molecule is C=CCCCN(C)C(=NC)NCc1ccc(F)c(CO)c1. The van der Waals surface area contributed by atoms with Gasteiger partial charge in [-0.2, -0.15) is 0 Å². The first kappa shape index (κ1) is 17.2. The molecule has 5 heteroatoms. The van der Waals surface area contributed by atoms with E-state index in [0.717, 1.165) is 30.9 Å². The molecule has 0 saturated carbocycles. The van der Waals surface area contributed by atoms with Gasteiger partial charge in [0.25, 0.3) is 0 Å². The number of aliphatic imine (C=N–C) groups is 1. The fourth-order valence-corrected chi connectivity index (χ4v) is 2.00. The Kier molecular flexibility index (Phi) is 7.46. The zero-order valence-electron chi connectivity index (χ0n) is 12.8. The van der Waals surface area contributed by atoms with Gasteiger partial charge in [-0.15, -0.1) is 6.58 Å². The van der Waals surface area contributed by atoms with Gasteiger partial charge in [-0.3, -0.25) is 4.99 Å². The predicted molar refractivity (Wildman–Crippen MR) is 84.6 cm³/mol. The highest BCUT2D eigenvalue weighted by atomic mass is 19.1. The summed E-state index contributed by atoms with van der Waals surface area (Å²) in [4.78, 5) is 6.27. The molecule has 0 heterocycles. The maximum Gasteiger partial charge on any atom is 0.193 e. The van der Waals surface area contributed by atoms with Crippen LogP contribution >= 0.6 is 0 Å². The second-order valence-electron chi connectivity index (χ2n) is 4.84. The lowest BCUT2D eigenvalue weighted by atomic mass is 10.1. The van der Waals surface area contributed by atoms with Crippen LogP contribution in [-0.4, -0.2) is 36.6 Å². The van der Waals surface area contributed by atoms with Crippen LogP contribution in [0.3, 0.4) is 0 Å². The van der Waals surface area contributed by atoms with Gasteiger partial charge in [-0.25, -0.2) is 4.39 Å². The van der Waals surface area contributed by atoms with E-state index in [1.807, 2.05) is 18.0 Å². The number of aliphatic hydroxyl groups excluding tert-OH is 1. The lowest BCUT2D eigenvalue weighted by molar-refractivity contribution is 0.275. The van der Waals surface area contributed by atoms with Crippen LogP contribution in [0.25, 0.3) is 0 Å². The van der Waals surface area contributed by atoms with E-state index in [1.165, 1.54) is 6.07 Å². The van der Waals surface area contributed by atoms with Crippen LogP contribution in [-0.2, 0) is 13.2 Å². The Morgan fingerprint density at radius 2 is 2.29 bits per heavy atom. The van der Waals surface area contributed by atoms with Crippen molar-refractivity contribution in [1.29, 1.82) is 0 Å². The summed E-state index contributed by atoms with van der Waals surface area (Å²) < 4.78 is 13.3. The Bertz CT molecular complexity index is 488. The molecule has 0 saturated heterocycles. The average Bonchev–Trinajstić information content (AvgIpc) is 2.49. The average molecular weight is 293 g/mol. The third-order valence-electron chi connectivity index (χ3n) is 3.21. The summed E-state index contributed by atoms with van der Waals surface area (Å²) in [5.74, 6) is 0.404. The molecule has 0 spiro atoms. The molecule has 4 nitrogen and oxygen atoms in total. The molecule has 1 aromatic rings. The van der Waals surface area contributed by atoms with E-state index in [9.17, 15) is 4.39 Å². The predicted octanol–water partition coefficient (Wildman–Crippen LogP) is 2.29. The number of halogens is 1. The van der Waals surface area contributed by atoms with Crippen molar-refractivity contribution in [3.8, 4) is 0 Å². The highest BCUT2D eigenvalue weighted by Crippen LogP contribution is 2.10. The van der Waals surface area contributed by atoms with Crippen molar-refractivity contribution < 1.29 is 9.50 Å². The number of unbranched alkanes of at least 4 members (excludes halogenated alkanes) is 1. The minimum Gasteiger partial charge on any atom is -0.392 e. The lowest BCUT2D eigenvalue weighted by Crippen LogP contribution is -2.39. The molecule has 0 bridgehead atoms. The fraction of sp³-hybridized carbons (Fsp3) is 0.438. The number of rotatable bonds is 7. The molecule has 2 N–H and O–H groups in total. The van der Waals surface area contributed by atoms with Crippen LogP contribution in [0.4, 0.5) is 4.39 Å². The van der Waals surface area contributed by atoms with E-state index in [-0.39, 0.29) is 12.4 Å². The van der Waals surface area contributed by atoms with Crippen molar-refractivity contribution in [2.45, 2.75) is 26.0 Å². The summed E-state index contributed by atoms with van der Waals surface area (Å²) in [6.45, 7) is 4.83. The van der Waals surface area contributed by atoms with E-state index in [1.54, 1.807) is 19.2 Å². The number of aliphatic hydroxyl groups is 1. The van der Waals surface area contributed by atoms with Gasteiger partial charge >= 0.3 is 0 Å². The van der Waals surface area contributed by atoms with Crippen LogP contribution in [0.2, 0.25) is 0 Å². The number of hydrogen-bond donors (Lipinski definition) is 2. The summed E-state index contributed by atoms with van der Waals surface area (Å²) in [5.41, 5.74) is 1.21. The Hall–Kier alpha value is -1.88. The molecule has 116 valence electrons. The molecule has 1 rings (SSSR count). The van der Waals surface area contributed by atoms with Gasteiger partial charge in [-0.1, -0.05) is 12.1 Å². The standard InChI is InChI=1S/C16H24FN3O/c1-4-5-6-9-20(3)16(18-2)19-11-13-7-8-15(17)14(10-13)12-21/h4,7-8,10,21H,1,5-6,9,11-12H2,2-3H3,(H,18,19). The maximum absolute atomic E-state index is 13.3. The highest BCUT2D eigenvalue weighted by molar-refractivity contribution is 5.79. The van der Waals surface area contributed by atoms with Crippen LogP contribution in [0.15, 0.2) is 35.8 Å². The molecule has 0 aliphatic carbocycles. The summed E-state index contributed by atoms with van der Waals surface area (Å²) in [6, 6.07) is 4.74. The molecular weight excluding hydrogens is 269 g/mol. The van der Waals surface area contributed by atoms with E-state index in [4.69, 9.17) is 5.11 Å². The van der Waals surface area contributed by atoms with Gasteiger partial charge in [0.2, 0.25) is 0 Å². The zero-order chi connectivity index (χ0) is 15.7. The molecule has 0 unspecified atom stereocenters. The smallest absolute Gasteiger partial charge is 0.193 e. The largest absolute Gasteiger partial charge is 0.392 e. The first-order chi connectivity index (χ1) is 10.1. The van der Waals surface area contributed by atoms with Crippen LogP contribution in [0.5, 0.6) is 0 Å². The maximum atomic E-state index is 13.3. The van der Waals surface area contributed by atoms with Gasteiger partial charge in [-0.05, 0) is 30.5 Å². The summed E-state index contributed by atoms with van der Waals surface area (Å²) in [5, 5.41) is 12.3. The molecule has 0 fully saturated rings. The van der Waals surface area contributed by atoms with Crippen molar-refractivity contribution >= 4 is 5.96 Å². The molecule has 0 amide bonds. The summed E-state index contributed by atoms with van der Waals surface area (Å²) in [7, 11) is 3.71. The van der Waals surface area contributed by atoms with E-state index < -0.39 is 0 Å². The molecule has 0 aliphatic heterocycles. The molecule has 1 aromatic carbocycles. The topological polar surface area (TPSA) is 47.9 Å². The quantitative estimate of drug-likeness (QED) is 0.351. The Morgan fingerprint density at radius 1 is 1.52 bits per heavy atom. The van der Waals surface area contributed by atoms with Crippen molar-refractivity contribution in [2.24, 2.45) is 4.99 Å². The normalized spacial score (nSPS) is 11.3. The van der Waals surface area contributed by atoms with Crippen LogP contribution in [0, 0.1) is 5.82 Å². The van der Waals surface area contributed by atoms with Crippen molar-refractivity contribution in [3.05, 3.63) is 47.8 Å². The number of guanidine groups is 1. The Labute approximate surface area is 126 Å². The van der Waals surface area contributed by atoms with Gasteiger partial charge in [0.1, 0.15) is 5.82 Å². The van der Waals surface area contributed by atoms with Crippen molar-refractivity contribution in [1.82, 2.24) is 10.2 Å². The number of hydrogen-bond acceptors (Lipinski definition) is 2. The number of benzene rings is 1. The molecule has 0 radical (unpaired) electrons. The second kappa shape index (κ2) is 9.13. The third-order valence-corrected chi connectivity index (χ3v) is 3.21. The zero-order valence-corrected chi connectivity index (χ0v) is 12.8. The molecular formula is C16H24FN3O. The summed E-state index contributed by atoms with van der Waals surface area (Å²) in [6.07, 6.45) is 3.89. The van der Waals surface area contributed by atoms with Gasteiger partial charge in [0.15, 0.2) is 5.96 Å². The van der Waals surface area contributed by atoms with Crippen molar-refractivity contribution in [2.75, 3.05) is 20.6 Å². The van der Waals surface area contributed by atoms with Crippen LogP contribution < -0.4 is 5.32 Å². The molecule has 0 aliphatic rings. The van der Waals surface area contributed by atoms with Gasteiger partial charge < -0.3 is 15.3 Å². The van der Waals surface area contributed by atoms with Gasteiger partial charge in [0.05, 0.1) is 6.61 Å². The number of allylic oxidation sites excluding steroid dienone is 1. The van der Waals surface area contributed by atoms with Crippen molar-refractivity contribution in [3.63, 3.8) is 0 Å².